The van der Waals surface area contributed by atoms with E-state index in [1.165, 1.54) is 11.1 Å². The zero-order chi connectivity index (χ0) is 16.2. The van der Waals surface area contributed by atoms with Crippen LogP contribution in [0.4, 0.5) is 5.69 Å². The van der Waals surface area contributed by atoms with Crippen molar-refractivity contribution in [3.05, 3.63) is 29.3 Å². The molecular formula is C18H30N2O. The van der Waals surface area contributed by atoms with E-state index in [1.807, 2.05) is 6.07 Å². The van der Waals surface area contributed by atoms with Gasteiger partial charge in [-0.15, -0.1) is 0 Å². The second-order valence-electron chi connectivity index (χ2n) is 7.31. The summed E-state index contributed by atoms with van der Waals surface area (Å²) in [7, 11) is 0. The lowest BCUT2D eigenvalue weighted by molar-refractivity contribution is -0.115. The third-order valence-electron chi connectivity index (χ3n) is 3.42. The molecule has 0 aliphatic rings. The Morgan fingerprint density at radius 2 is 1.71 bits per heavy atom. The lowest BCUT2D eigenvalue weighted by Gasteiger charge is -2.21. The van der Waals surface area contributed by atoms with Crippen LogP contribution in [0.15, 0.2) is 18.2 Å². The Bertz CT molecular complexity index is 484. The molecule has 0 saturated heterocycles. The zero-order valence-corrected chi connectivity index (χ0v) is 14.5. The van der Waals surface area contributed by atoms with Gasteiger partial charge in [-0.1, -0.05) is 39.8 Å². The number of hydrogen-bond donors (Lipinski definition) is 2. The first-order valence-corrected chi connectivity index (χ1v) is 7.79. The lowest BCUT2D eigenvalue weighted by atomic mass is 9.94. The van der Waals surface area contributed by atoms with E-state index in [2.05, 4.69) is 71.2 Å². The quantitative estimate of drug-likeness (QED) is 0.850. The highest BCUT2D eigenvalue weighted by atomic mass is 16.1. The molecule has 118 valence electrons. The topological polar surface area (TPSA) is 41.1 Å². The summed E-state index contributed by atoms with van der Waals surface area (Å²) in [6.07, 6.45) is 0. The van der Waals surface area contributed by atoms with Crippen LogP contribution >= 0.6 is 0 Å². The Balaban J connectivity index is 2.85. The molecule has 2 N–H and O–H groups in total. The highest BCUT2D eigenvalue weighted by molar-refractivity contribution is 5.93. The fourth-order valence-corrected chi connectivity index (χ4v) is 2.07. The average molecular weight is 290 g/mol. The number of rotatable bonds is 5. The van der Waals surface area contributed by atoms with Crippen molar-refractivity contribution < 1.29 is 4.79 Å². The van der Waals surface area contributed by atoms with Crippen LogP contribution in [0.25, 0.3) is 0 Å². The minimum Gasteiger partial charge on any atom is -0.325 e. The molecule has 3 heteroatoms. The summed E-state index contributed by atoms with van der Waals surface area (Å²) < 4.78 is 0. The van der Waals surface area contributed by atoms with Crippen molar-refractivity contribution in [3.8, 4) is 0 Å². The highest BCUT2D eigenvalue weighted by Crippen LogP contribution is 2.28. The fraction of sp³-hybridized carbons (Fsp3) is 0.611. The Labute approximate surface area is 129 Å². The van der Waals surface area contributed by atoms with E-state index in [4.69, 9.17) is 0 Å². The largest absolute Gasteiger partial charge is 0.325 e. The summed E-state index contributed by atoms with van der Waals surface area (Å²) in [6.45, 7) is 15.2. The van der Waals surface area contributed by atoms with E-state index in [9.17, 15) is 4.79 Å². The molecule has 0 aliphatic carbocycles. The van der Waals surface area contributed by atoms with Gasteiger partial charge >= 0.3 is 0 Å². The molecule has 1 rings (SSSR count). The van der Waals surface area contributed by atoms with Crippen LogP contribution in [0.1, 0.15) is 71.4 Å². The summed E-state index contributed by atoms with van der Waals surface area (Å²) in [4.78, 5) is 12.1. The molecule has 0 aliphatic heterocycles. The van der Waals surface area contributed by atoms with Gasteiger partial charge in [-0.3, -0.25) is 4.79 Å². The van der Waals surface area contributed by atoms with Crippen LogP contribution in [-0.4, -0.2) is 18.0 Å². The number of carbonyl (C=O) groups is 1. The summed E-state index contributed by atoms with van der Waals surface area (Å²) >= 11 is 0. The lowest BCUT2D eigenvalue weighted by Crippen LogP contribution is -2.41. The van der Waals surface area contributed by atoms with Gasteiger partial charge in [0.2, 0.25) is 5.91 Å². The summed E-state index contributed by atoms with van der Waals surface area (Å²) in [5.41, 5.74) is 3.38. The molecule has 0 spiro atoms. The normalized spacial score (nSPS) is 12.0. The Morgan fingerprint density at radius 3 is 2.19 bits per heavy atom. The predicted molar refractivity (Wildman–Crippen MR) is 91.0 cm³/mol. The fourth-order valence-electron chi connectivity index (χ4n) is 2.07. The van der Waals surface area contributed by atoms with Gasteiger partial charge in [-0.25, -0.2) is 0 Å². The van der Waals surface area contributed by atoms with Gasteiger partial charge in [-0.2, -0.15) is 0 Å². The number of benzene rings is 1. The molecular weight excluding hydrogens is 260 g/mol. The SMILES string of the molecule is CC(C)c1ccc(NC(=O)CNC(C)(C)C)c(C(C)C)c1. The first-order chi connectivity index (χ1) is 9.60. The molecule has 3 nitrogen and oxygen atoms in total. The van der Waals surface area contributed by atoms with Crippen molar-refractivity contribution in [2.75, 3.05) is 11.9 Å². The van der Waals surface area contributed by atoms with E-state index in [0.717, 1.165) is 5.69 Å². The molecule has 0 heterocycles. The van der Waals surface area contributed by atoms with E-state index < -0.39 is 0 Å². The molecule has 0 bridgehead atoms. The molecule has 0 fully saturated rings. The average Bonchev–Trinajstić information content (AvgIpc) is 2.35. The van der Waals surface area contributed by atoms with Crippen molar-refractivity contribution in [2.24, 2.45) is 0 Å². The van der Waals surface area contributed by atoms with Crippen LogP contribution in [0.3, 0.4) is 0 Å². The maximum Gasteiger partial charge on any atom is 0.238 e. The van der Waals surface area contributed by atoms with Gasteiger partial charge in [-0.05, 0) is 49.8 Å². The van der Waals surface area contributed by atoms with E-state index in [0.29, 0.717) is 18.4 Å². The molecule has 1 aromatic rings. The first-order valence-electron chi connectivity index (χ1n) is 7.79. The summed E-state index contributed by atoms with van der Waals surface area (Å²) in [5, 5.41) is 6.24. The number of anilines is 1. The van der Waals surface area contributed by atoms with Crippen LogP contribution in [0.2, 0.25) is 0 Å². The molecule has 21 heavy (non-hydrogen) atoms. The van der Waals surface area contributed by atoms with E-state index in [1.54, 1.807) is 0 Å². The van der Waals surface area contributed by atoms with Gasteiger partial charge < -0.3 is 10.6 Å². The summed E-state index contributed by atoms with van der Waals surface area (Å²) in [6, 6.07) is 6.34. The van der Waals surface area contributed by atoms with Crippen LogP contribution in [-0.2, 0) is 4.79 Å². The van der Waals surface area contributed by atoms with Crippen LogP contribution in [0, 0.1) is 0 Å². The first kappa shape index (κ1) is 17.7. The monoisotopic (exact) mass is 290 g/mol. The second kappa shape index (κ2) is 7.08. The molecule has 0 atom stereocenters. The third kappa shape index (κ3) is 5.88. The Hall–Kier alpha value is -1.35. The predicted octanol–water partition coefficient (Wildman–Crippen LogP) is 4.26. The van der Waals surface area contributed by atoms with Gasteiger partial charge in [0.1, 0.15) is 0 Å². The summed E-state index contributed by atoms with van der Waals surface area (Å²) in [5.74, 6) is 0.883. The van der Waals surface area contributed by atoms with Crippen LogP contribution < -0.4 is 10.6 Å². The van der Waals surface area contributed by atoms with Crippen LogP contribution in [0.5, 0.6) is 0 Å². The van der Waals surface area contributed by atoms with Gasteiger partial charge in [0.15, 0.2) is 0 Å². The molecule has 1 amide bonds. The van der Waals surface area contributed by atoms with Crippen molar-refractivity contribution >= 4 is 11.6 Å². The van der Waals surface area contributed by atoms with E-state index >= 15 is 0 Å². The molecule has 0 saturated carbocycles. The smallest absolute Gasteiger partial charge is 0.238 e. The Kier molecular flexibility index (Phi) is 5.97. The molecule has 0 radical (unpaired) electrons. The zero-order valence-electron chi connectivity index (χ0n) is 14.5. The van der Waals surface area contributed by atoms with Crippen molar-refractivity contribution in [3.63, 3.8) is 0 Å². The highest BCUT2D eigenvalue weighted by Gasteiger charge is 2.14. The molecule has 0 aromatic heterocycles. The standard InChI is InChI=1S/C18H30N2O/c1-12(2)14-8-9-16(15(10-14)13(3)4)20-17(21)11-19-18(5,6)7/h8-10,12-13,19H,11H2,1-7H3,(H,20,21). The number of carbonyl (C=O) groups excluding carboxylic acids is 1. The van der Waals surface area contributed by atoms with Crippen molar-refractivity contribution in [1.82, 2.24) is 5.32 Å². The third-order valence-corrected chi connectivity index (χ3v) is 3.42. The number of hydrogen-bond acceptors (Lipinski definition) is 2. The van der Waals surface area contributed by atoms with Gasteiger partial charge in [0.05, 0.1) is 6.54 Å². The Morgan fingerprint density at radius 1 is 1.10 bits per heavy atom. The molecule has 1 aromatic carbocycles. The van der Waals surface area contributed by atoms with Gasteiger partial charge in [0.25, 0.3) is 0 Å². The van der Waals surface area contributed by atoms with Crippen molar-refractivity contribution in [2.45, 2.75) is 65.8 Å². The minimum atomic E-state index is -0.0558. The minimum absolute atomic E-state index is 0.00382. The molecule has 0 unspecified atom stereocenters. The number of nitrogens with one attached hydrogen (secondary N) is 2. The van der Waals surface area contributed by atoms with Gasteiger partial charge in [0, 0.05) is 11.2 Å². The van der Waals surface area contributed by atoms with E-state index in [-0.39, 0.29) is 11.4 Å². The number of amides is 1. The van der Waals surface area contributed by atoms with Crippen molar-refractivity contribution in [1.29, 1.82) is 0 Å². The maximum atomic E-state index is 12.1. The second-order valence-corrected chi connectivity index (χ2v) is 7.31. The maximum absolute atomic E-state index is 12.1.